The number of allylic oxidation sites excluding steroid dienone is 3. The van der Waals surface area contributed by atoms with E-state index in [1.165, 1.54) is 0 Å². The predicted molar refractivity (Wildman–Crippen MR) is 31.2 cm³/mol. The molecule has 0 radical (unpaired) electrons. The van der Waals surface area contributed by atoms with Crippen LogP contribution in [0.1, 0.15) is 0 Å². The molecule has 1 heterocycles. The van der Waals surface area contributed by atoms with Gasteiger partial charge in [0.05, 0.1) is 0 Å². The van der Waals surface area contributed by atoms with Crippen LogP contribution in [0.2, 0.25) is 0 Å². The average Bonchev–Trinajstić information content (AvgIpc) is 1.90. The molecule has 0 bridgehead atoms. The Labute approximate surface area is 43.2 Å². The van der Waals surface area contributed by atoms with Gasteiger partial charge in [-0.25, -0.2) is 0 Å². The van der Waals surface area contributed by atoms with E-state index in [-0.39, 0.29) is 0 Å². The summed E-state index contributed by atoms with van der Waals surface area (Å²) in [6, 6.07) is 0. The van der Waals surface area contributed by atoms with E-state index in [4.69, 9.17) is 4.65 Å². The maximum atomic E-state index is 4.77. The molecule has 0 aromatic carbocycles. The van der Waals surface area contributed by atoms with Gasteiger partial charge in [-0.3, -0.25) is 0 Å². The zero-order chi connectivity index (χ0) is 4.95. The van der Waals surface area contributed by atoms with E-state index in [0.29, 0.717) is 0 Å². The fourth-order valence-corrected chi connectivity index (χ4v) is 0.355. The summed E-state index contributed by atoms with van der Waals surface area (Å²) in [7, 11) is 1.62. The van der Waals surface area contributed by atoms with Gasteiger partial charge in [0.25, 0.3) is 0 Å². The van der Waals surface area contributed by atoms with Crippen LogP contribution in [0.25, 0.3) is 0 Å². The van der Waals surface area contributed by atoms with Crippen molar-refractivity contribution in [3.05, 3.63) is 24.5 Å². The Morgan fingerprint density at radius 3 is 3.14 bits per heavy atom. The second kappa shape index (κ2) is 2.40. The van der Waals surface area contributed by atoms with Gasteiger partial charge in [0.1, 0.15) is 0 Å². The van der Waals surface area contributed by atoms with Crippen molar-refractivity contribution in [3.63, 3.8) is 0 Å². The van der Waals surface area contributed by atoms with E-state index in [0.717, 1.165) is 0 Å². The average molecular weight is 91.9 g/mol. The van der Waals surface area contributed by atoms with Crippen molar-refractivity contribution in [1.29, 1.82) is 0 Å². The van der Waals surface area contributed by atoms with E-state index in [1.807, 2.05) is 24.2 Å². The van der Waals surface area contributed by atoms with E-state index >= 15 is 0 Å². The fourth-order valence-electron chi connectivity index (χ4n) is 0.355. The molecule has 7 heavy (non-hydrogen) atoms. The minimum absolute atomic E-state index is 1.62. The van der Waals surface area contributed by atoms with Gasteiger partial charge in [0, 0.05) is 0 Å². The summed E-state index contributed by atoms with van der Waals surface area (Å²) in [6.07, 6.45) is 7.27. The molecule has 0 saturated heterocycles. The van der Waals surface area contributed by atoms with Gasteiger partial charge in [-0.05, 0) is 0 Å². The molecule has 1 rings (SSSR count). The molecule has 0 N–H and O–H groups in total. The summed E-state index contributed by atoms with van der Waals surface area (Å²) in [4.78, 5) is 0. The van der Waals surface area contributed by atoms with Gasteiger partial charge in [-0.1, -0.05) is 0 Å². The van der Waals surface area contributed by atoms with Crippen LogP contribution in [0.4, 0.5) is 0 Å². The van der Waals surface area contributed by atoms with Gasteiger partial charge in [-0.15, -0.1) is 0 Å². The van der Waals surface area contributed by atoms with Crippen molar-refractivity contribution in [2.75, 3.05) is 0 Å². The normalized spacial score (nSPS) is 14.9. The van der Waals surface area contributed by atoms with Crippen LogP contribution in [-0.4, -0.2) is 13.1 Å². The van der Waals surface area contributed by atoms with Crippen molar-refractivity contribution in [2.24, 2.45) is 0 Å². The SMILES string of the molecule is B1=CC=CC=CO1. The maximum absolute atomic E-state index is 4.77. The molecule has 1 nitrogen and oxygen atoms in total. The quantitative estimate of drug-likeness (QED) is 0.395. The summed E-state index contributed by atoms with van der Waals surface area (Å²) < 4.78 is 4.77. The van der Waals surface area contributed by atoms with E-state index in [2.05, 4.69) is 0 Å². The summed E-state index contributed by atoms with van der Waals surface area (Å²) in [5, 5.41) is 0. The Hall–Kier alpha value is -0.785. The topological polar surface area (TPSA) is 9.23 Å². The molecule has 1 aliphatic rings. The Bertz CT molecular complexity index is 110. The van der Waals surface area contributed by atoms with Crippen LogP contribution in [0.15, 0.2) is 24.5 Å². The van der Waals surface area contributed by atoms with Gasteiger partial charge < -0.3 is 0 Å². The Morgan fingerprint density at radius 2 is 2.14 bits per heavy atom. The zero-order valence-corrected chi connectivity index (χ0v) is 3.87. The van der Waals surface area contributed by atoms with Gasteiger partial charge in [0.15, 0.2) is 0 Å². The second-order valence-electron chi connectivity index (χ2n) is 1.18. The second-order valence-corrected chi connectivity index (χ2v) is 1.18. The van der Waals surface area contributed by atoms with Crippen molar-refractivity contribution in [3.8, 4) is 0 Å². The Morgan fingerprint density at radius 1 is 1.14 bits per heavy atom. The van der Waals surface area contributed by atoms with Gasteiger partial charge >= 0.3 is 42.2 Å². The third kappa shape index (κ3) is 1.40. The van der Waals surface area contributed by atoms with Crippen molar-refractivity contribution < 1.29 is 4.65 Å². The van der Waals surface area contributed by atoms with Crippen LogP contribution < -0.4 is 0 Å². The van der Waals surface area contributed by atoms with E-state index in [9.17, 15) is 0 Å². The van der Waals surface area contributed by atoms with Crippen LogP contribution in [0.3, 0.4) is 0 Å². The predicted octanol–water partition coefficient (Wildman–Crippen LogP) is 0.508. The molecule has 1 aliphatic heterocycles. The van der Waals surface area contributed by atoms with Crippen LogP contribution >= 0.6 is 0 Å². The molecule has 0 aromatic heterocycles. The molecule has 0 unspecified atom stereocenters. The molecule has 0 atom stereocenters. The molecule has 34 valence electrons. The standard InChI is InChI=1S/C5H5BO/c1-2-4-6-7-5-3-1/h1-5H. The van der Waals surface area contributed by atoms with Crippen molar-refractivity contribution in [1.82, 2.24) is 0 Å². The van der Waals surface area contributed by atoms with Crippen molar-refractivity contribution >= 4 is 13.1 Å². The third-order valence-corrected chi connectivity index (χ3v) is 0.648. The molecular formula is C5H5BO. The molecular weight excluding hydrogens is 86.9 g/mol. The molecule has 0 aromatic rings. The molecule has 0 spiro atoms. The first-order valence-electron chi connectivity index (χ1n) is 2.14. The van der Waals surface area contributed by atoms with E-state index < -0.39 is 0 Å². The first-order valence-corrected chi connectivity index (χ1v) is 2.14. The molecule has 0 fully saturated rings. The minimum atomic E-state index is 1.62. The van der Waals surface area contributed by atoms with Crippen molar-refractivity contribution in [2.45, 2.75) is 0 Å². The number of rotatable bonds is 0. The molecule has 0 aliphatic carbocycles. The summed E-state index contributed by atoms with van der Waals surface area (Å²) >= 11 is 0. The first-order chi connectivity index (χ1) is 3.50. The van der Waals surface area contributed by atoms with Crippen LogP contribution in [0, 0.1) is 0 Å². The molecule has 2 heteroatoms. The summed E-state index contributed by atoms with van der Waals surface area (Å²) in [5.41, 5.74) is 0. The third-order valence-electron chi connectivity index (χ3n) is 0.648. The summed E-state index contributed by atoms with van der Waals surface area (Å²) in [5.74, 6) is 1.83. The summed E-state index contributed by atoms with van der Waals surface area (Å²) in [6.45, 7) is 0. The number of hydrogen-bond donors (Lipinski definition) is 0. The fraction of sp³-hybridized carbons (Fsp3) is 0. The van der Waals surface area contributed by atoms with Crippen LogP contribution in [0.5, 0.6) is 0 Å². The Kier molecular flexibility index (Phi) is 1.50. The van der Waals surface area contributed by atoms with Gasteiger partial charge in [0.2, 0.25) is 0 Å². The Balaban J connectivity index is 2.60. The molecule has 0 amide bonds. The monoisotopic (exact) mass is 92.0 g/mol. The van der Waals surface area contributed by atoms with Crippen LogP contribution in [-0.2, 0) is 4.65 Å². The van der Waals surface area contributed by atoms with Gasteiger partial charge in [-0.2, -0.15) is 0 Å². The number of hydrogen-bond acceptors (Lipinski definition) is 1. The first kappa shape index (κ1) is 4.38. The van der Waals surface area contributed by atoms with E-state index in [1.54, 1.807) is 13.4 Å². The molecule has 0 saturated carbocycles. The zero-order valence-electron chi connectivity index (χ0n) is 3.87.